The number of rotatable bonds is 5. The van der Waals surface area contributed by atoms with Crippen molar-refractivity contribution in [3.05, 3.63) is 87.3 Å². The van der Waals surface area contributed by atoms with Gasteiger partial charge in [0.15, 0.2) is 10.8 Å². The van der Waals surface area contributed by atoms with Gasteiger partial charge in [0.2, 0.25) is 5.91 Å². The van der Waals surface area contributed by atoms with E-state index in [0.29, 0.717) is 34.9 Å². The summed E-state index contributed by atoms with van der Waals surface area (Å²) < 4.78 is 7.51. The summed E-state index contributed by atoms with van der Waals surface area (Å²) in [7, 11) is 0. The first kappa shape index (κ1) is 24.2. The average Bonchev–Trinajstić information content (AvgIpc) is 2.83. The predicted octanol–water partition coefficient (Wildman–Crippen LogP) is 4.98. The number of amides is 1. The van der Waals surface area contributed by atoms with Crippen molar-refractivity contribution in [2.24, 2.45) is 0 Å². The maximum atomic E-state index is 13.8. The highest BCUT2D eigenvalue weighted by molar-refractivity contribution is 7.99. The van der Waals surface area contributed by atoms with Crippen LogP contribution in [0.25, 0.3) is 16.7 Å². The molecule has 0 spiro atoms. The maximum absolute atomic E-state index is 13.8. The Morgan fingerprint density at radius 3 is 2.69 bits per heavy atom. The number of hydrogen-bond acceptors (Lipinski definition) is 6. The Hall–Kier alpha value is -3.49. The van der Waals surface area contributed by atoms with E-state index in [1.165, 1.54) is 11.8 Å². The summed E-state index contributed by atoms with van der Waals surface area (Å²) in [6, 6.07) is 17.2. The lowest BCUT2D eigenvalue weighted by Crippen LogP contribution is -2.33. The number of carbonyl (C=O) groups is 1. The number of nitrogens with zero attached hydrogens (tertiary/aromatic N) is 3. The summed E-state index contributed by atoms with van der Waals surface area (Å²) in [6.45, 7) is 8.38. The minimum absolute atomic E-state index is 0.101. The minimum Gasteiger partial charge on any atom is -0.370 e. The van der Waals surface area contributed by atoms with Gasteiger partial charge in [-0.1, -0.05) is 42.1 Å². The molecule has 4 aromatic rings. The normalized spacial score (nSPS) is 14.4. The van der Waals surface area contributed by atoms with Gasteiger partial charge >= 0.3 is 0 Å². The number of benzene rings is 2. The molecule has 0 unspecified atom stereocenters. The molecule has 0 saturated carbocycles. The number of hydrogen-bond donors (Lipinski definition) is 1. The van der Waals surface area contributed by atoms with Crippen LogP contribution in [0.5, 0.6) is 0 Å². The quantitative estimate of drug-likeness (QED) is 0.307. The number of anilines is 1. The lowest BCUT2D eigenvalue weighted by atomic mass is 9.95. The van der Waals surface area contributed by atoms with Gasteiger partial charge in [-0.3, -0.25) is 14.2 Å². The molecule has 3 heterocycles. The van der Waals surface area contributed by atoms with Crippen LogP contribution in [0, 0.1) is 13.8 Å². The van der Waals surface area contributed by atoms with E-state index in [1.807, 2.05) is 82.3 Å². The van der Waals surface area contributed by atoms with Gasteiger partial charge in [-0.05, 0) is 63.1 Å². The first-order valence-electron chi connectivity index (χ1n) is 11.8. The van der Waals surface area contributed by atoms with E-state index in [4.69, 9.17) is 14.7 Å². The van der Waals surface area contributed by atoms with Gasteiger partial charge in [0.05, 0.1) is 34.7 Å². The largest absolute Gasteiger partial charge is 0.370 e. The molecule has 8 heteroatoms. The highest BCUT2D eigenvalue weighted by atomic mass is 32.2. The van der Waals surface area contributed by atoms with E-state index in [0.717, 1.165) is 28.1 Å². The molecule has 1 N–H and O–H groups in total. The monoisotopic (exact) mass is 500 g/mol. The molecule has 1 aliphatic heterocycles. The molecule has 5 rings (SSSR count). The summed E-state index contributed by atoms with van der Waals surface area (Å²) in [6.07, 6.45) is 0.641. The Labute approximate surface area is 213 Å². The van der Waals surface area contributed by atoms with Crippen molar-refractivity contribution >= 4 is 34.4 Å². The Bertz CT molecular complexity index is 1540. The molecule has 0 atom stereocenters. The van der Waals surface area contributed by atoms with Crippen molar-refractivity contribution in [3.8, 4) is 5.69 Å². The van der Waals surface area contributed by atoms with Crippen molar-refractivity contribution in [1.82, 2.24) is 14.5 Å². The second-order valence-corrected chi connectivity index (χ2v) is 10.7. The SMILES string of the molecule is Cc1cccc(-n2c(SCC(=O)Nc3ccccc3C)nc3nc4c(cc3c2=O)COC(C)(C)C4)c1. The zero-order valence-corrected chi connectivity index (χ0v) is 21.6. The molecule has 2 aromatic carbocycles. The molecule has 184 valence electrons. The van der Waals surface area contributed by atoms with Gasteiger partial charge in [-0.2, -0.15) is 0 Å². The van der Waals surface area contributed by atoms with Gasteiger partial charge in [0.25, 0.3) is 5.56 Å². The topological polar surface area (TPSA) is 86.1 Å². The van der Waals surface area contributed by atoms with Crippen LogP contribution in [0.15, 0.2) is 64.5 Å². The first-order valence-corrected chi connectivity index (χ1v) is 12.8. The van der Waals surface area contributed by atoms with E-state index in [1.54, 1.807) is 4.57 Å². The number of carbonyl (C=O) groups excluding carboxylic acids is 1. The summed E-state index contributed by atoms with van der Waals surface area (Å²) in [5, 5.41) is 3.81. The van der Waals surface area contributed by atoms with Gasteiger partial charge in [0, 0.05) is 17.7 Å². The molecule has 36 heavy (non-hydrogen) atoms. The lowest BCUT2D eigenvalue weighted by molar-refractivity contribution is -0.113. The highest BCUT2D eigenvalue weighted by Crippen LogP contribution is 2.29. The van der Waals surface area contributed by atoms with Gasteiger partial charge < -0.3 is 10.1 Å². The lowest BCUT2D eigenvalue weighted by Gasteiger charge is -2.31. The number of aromatic nitrogens is 3. The fourth-order valence-electron chi connectivity index (χ4n) is 4.30. The van der Waals surface area contributed by atoms with Crippen LogP contribution in [0.1, 0.15) is 36.2 Å². The Kier molecular flexibility index (Phi) is 6.40. The Morgan fingerprint density at radius 2 is 1.92 bits per heavy atom. The van der Waals surface area contributed by atoms with E-state index >= 15 is 0 Å². The fraction of sp³-hybridized carbons (Fsp3) is 0.286. The smallest absolute Gasteiger partial charge is 0.268 e. The first-order chi connectivity index (χ1) is 17.2. The molecule has 0 fully saturated rings. The maximum Gasteiger partial charge on any atom is 0.268 e. The summed E-state index contributed by atoms with van der Waals surface area (Å²) in [5.41, 5.74) is 5.13. The molecular formula is C28H28N4O3S. The molecule has 7 nitrogen and oxygen atoms in total. The number of fused-ring (bicyclic) bond motifs is 2. The van der Waals surface area contributed by atoms with Crippen molar-refractivity contribution in [2.75, 3.05) is 11.1 Å². The van der Waals surface area contributed by atoms with Crippen molar-refractivity contribution in [2.45, 2.75) is 51.5 Å². The van der Waals surface area contributed by atoms with Gasteiger partial charge in [0.1, 0.15) is 0 Å². The molecule has 1 aliphatic rings. The number of aryl methyl sites for hydroxylation is 2. The van der Waals surface area contributed by atoms with E-state index in [2.05, 4.69) is 5.32 Å². The zero-order chi connectivity index (χ0) is 25.4. The summed E-state index contributed by atoms with van der Waals surface area (Å²) in [5.74, 6) is -0.0686. The molecule has 0 saturated heterocycles. The van der Waals surface area contributed by atoms with Crippen molar-refractivity contribution in [1.29, 1.82) is 0 Å². The van der Waals surface area contributed by atoms with Crippen LogP contribution in [0.4, 0.5) is 5.69 Å². The standard InChI is InChI=1S/C28H28N4O3S/c1-17-8-7-10-20(12-17)32-26(34)21-13-19-15-35-28(3,4)14-23(19)30-25(21)31-27(32)36-16-24(33)29-22-11-6-5-9-18(22)2/h5-13H,14-16H2,1-4H3,(H,29,33). The average molecular weight is 501 g/mol. The molecular weight excluding hydrogens is 472 g/mol. The van der Waals surface area contributed by atoms with E-state index < -0.39 is 0 Å². The fourth-order valence-corrected chi connectivity index (χ4v) is 5.10. The highest BCUT2D eigenvalue weighted by Gasteiger charge is 2.28. The van der Waals surface area contributed by atoms with Gasteiger partial charge in [-0.25, -0.2) is 9.97 Å². The summed E-state index contributed by atoms with van der Waals surface area (Å²) >= 11 is 1.22. The van der Waals surface area contributed by atoms with E-state index in [-0.39, 0.29) is 22.8 Å². The predicted molar refractivity (Wildman–Crippen MR) is 143 cm³/mol. The summed E-state index contributed by atoms with van der Waals surface area (Å²) in [4.78, 5) is 36.1. The van der Waals surface area contributed by atoms with Crippen molar-refractivity contribution < 1.29 is 9.53 Å². The minimum atomic E-state index is -0.324. The molecule has 0 aliphatic carbocycles. The molecule has 0 bridgehead atoms. The molecule has 1 amide bonds. The Morgan fingerprint density at radius 1 is 1.11 bits per heavy atom. The van der Waals surface area contributed by atoms with Crippen LogP contribution in [-0.4, -0.2) is 31.8 Å². The number of ether oxygens (including phenoxy) is 1. The number of thioether (sulfide) groups is 1. The Balaban J connectivity index is 1.56. The zero-order valence-electron chi connectivity index (χ0n) is 20.8. The van der Waals surface area contributed by atoms with Crippen LogP contribution < -0.4 is 10.9 Å². The number of pyridine rings is 1. The molecule has 0 radical (unpaired) electrons. The second kappa shape index (κ2) is 9.52. The third kappa shape index (κ3) is 4.92. The number of para-hydroxylation sites is 1. The number of nitrogens with one attached hydrogen (secondary N) is 1. The third-order valence-corrected chi connectivity index (χ3v) is 7.16. The third-order valence-electron chi connectivity index (χ3n) is 6.22. The van der Waals surface area contributed by atoms with Crippen LogP contribution in [-0.2, 0) is 22.6 Å². The molecule has 2 aromatic heterocycles. The van der Waals surface area contributed by atoms with Crippen molar-refractivity contribution in [3.63, 3.8) is 0 Å². The van der Waals surface area contributed by atoms with Crippen LogP contribution >= 0.6 is 11.8 Å². The van der Waals surface area contributed by atoms with Gasteiger partial charge in [-0.15, -0.1) is 0 Å². The second-order valence-electron chi connectivity index (χ2n) is 9.72. The van der Waals surface area contributed by atoms with E-state index in [9.17, 15) is 9.59 Å². The van der Waals surface area contributed by atoms with Crippen LogP contribution in [0.3, 0.4) is 0 Å². The van der Waals surface area contributed by atoms with Crippen LogP contribution in [0.2, 0.25) is 0 Å².